The molecule has 108 valence electrons. The molecule has 18 heavy (non-hydrogen) atoms. The molecule has 0 aromatic heterocycles. The van der Waals surface area contributed by atoms with E-state index in [9.17, 15) is 8.42 Å². The summed E-state index contributed by atoms with van der Waals surface area (Å²) >= 11 is 0. The zero-order chi connectivity index (χ0) is 13.6. The van der Waals surface area contributed by atoms with Gasteiger partial charge in [0, 0.05) is 26.2 Å². The fourth-order valence-corrected chi connectivity index (χ4v) is 3.71. The average Bonchev–Trinajstić information content (AvgIpc) is 2.85. The summed E-state index contributed by atoms with van der Waals surface area (Å²) in [5.74, 6) is 0. The normalized spacial score (nSPS) is 22.6. The van der Waals surface area contributed by atoms with Crippen LogP contribution in [0.1, 0.15) is 33.6 Å². The Bertz CT molecular complexity index is 326. The van der Waals surface area contributed by atoms with Crippen LogP contribution in [0.5, 0.6) is 0 Å². The van der Waals surface area contributed by atoms with E-state index >= 15 is 0 Å². The van der Waals surface area contributed by atoms with Crippen molar-refractivity contribution in [2.45, 2.75) is 45.0 Å². The molecular weight excluding hydrogens is 252 g/mol. The molecule has 0 aliphatic carbocycles. The van der Waals surface area contributed by atoms with Crippen LogP contribution >= 0.6 is 0 Å². The minimum absolute atomic E-state index is 0.0751. The summed E-state index contributed by atoms with van der Waals surface area (Å²) in [7, 11) is -3.22. The molecule has 1 rings (SSSR count). The van der Waals surface area contributed by atoms with Gasteiger partial charge in [0.25, 0.3) is 0 Å². The van der Waals surface area contributed by atoms with Gasteiger partial charge in [-0.3, -0.25) is 0 Å². The Morgan fingerprint density at radius 2 is 2.17 bits per heavy atom. The lowest BCUT2D eigenvalue weighted by Gasteiger charge is -2.26. The molecule has 2 unspecified atom stereocenters. The Balaban J connectivity index is 2.60. The van der Waals surface area contributed by atoms with Gasteiger partial charge in [-0.15, -0.1) is 0 Å². The van der Waals surface area contributed by atoms with Gasteiger partial charge in [-0.25, -0.2) is 8.42 Å². The zero-order valence-electron chi connectivity index (χ0n) is 11.7. The van der Waals surface area contributed by atoms with Crippen molar-refractivity contribution in [2.24, 2.45) is 0 Å². The Labute approximate surface area is 111 Å². The number of hydrogen-bond acceptors (Lipinski definition) is 4. The fourth-order valence-electron chi connectivity index (χ4n) is 2.14. The molecule has 1 N–H and O–H groups in total. The smallest absolute Gasteiger partial charge is 0.218 e. The quantitative estimate of drug-likeness (QED) is 0.714. The highest BCUT2D eigenvalue weighted by molar-refractivity contribution is 7.89. The molecule has 0 bridgehead atoms. The topological polar surface area (TPSA) is 58.6 Å². The molecule has 0 spiro atoms. The molecule has 1 aliphatic heterocycles. The predicted octanol–water partition coefficient (Wildman–Crippen LogP) is 0.815. The van der Waals surface area contributed by atoms with Gasteiger partial charge >= 0.3 is 0 Å². The summed E-state index contributed by atoms with van der Waals surface area (Å²) < 4.78 is 31.9. The minimum atomic E-state index is -3.22. The zero-order valence-corrected chi connectivity index (χ0v) is 12.5. The average molecular weight is 278 g/mol. The highest BCUT2D eigenvalue weighted by Crippen LogP contribution is 2.17. The first-order valence-electron chi connectivity index (χ1n) is 6.83. The van der Waals surface area contributed by atoms with Crippen molar-refractivity contribution in [3.8, 4) is 0 Å². The molecule has 2 atom stereocenters. The summed E-state index contributed by atoms with van der Waals surface area (Å²) in [6, 6.07) is 0. The van der Waals surface area contributed by atoms with E-state index in [2.05, 4.69) is 5.32 Å². The molecule has 0 aromatic carbocycles. The number of likely N-dealkylation sites (N-methyl/N-ethyl adjacent to an activating group) is 1. The highest BCUT2D eigenvalue weighted by atomic mass is 32.2. The monoisotopic (exact) mass is 278 g/mol. The van der Waals surface area contributed by atoms with Gasteiger partial charge in [0.2, 0.25) is 10.0 Å². The Kier molecular flexibility index (Phi) is 6.55. The van der Waals surface area contributed by atoms with Crippen LogP contribution in [0.3, 0.4) is 0 Å². The maximum absolute atomic E-state index is 12.4. The second-order valence-electron chi connectivity index (χ2n) is 4.75. The standard InChI is InChI=1S/C12H26N2O3S/c1-4-13-9-11(3)18(15,16)14(5-2)10-12-7-6-8-17-12/h11-13H,4-10H2,1-3H3. The second-order valence-corrected chi connectivity index (χ2v) is 7.10. The summed E-state index contributed by atoms with van der Waals surface area (Å²) in [6.45, 7) is 8.67. The molecule has 5 nitrogen and oxygen atoms in total. The van der Waals surface area contributed by atoms with E-state index in [0.29, 0.717) is 19.6 Å². The van der Waals surface area contributed by atoms with E-state index in [1.54, 1.807) is 11.2 Å². The van der Waals surface area contributed by atoms with E-state index in [1.807, 2.05) is 13.8 Å². The second kappa shape index (κ2) is 7.43. The van der Waals surface area contributed by atoms with E-state index in [1.165, 1.54) is 0 Å². The van der Waals surface area contributed by atoms with Crippen molar-refractivity contribution in [3.63, 3.8) is 0 Å². The van der Waals surface area contributed by atoms with Crippen molar-refractivity contribution in [3.05, 3.63) is 0 Å². The van der Waals surface area contributed by atoms with Gasteiger partial charge in [-0.2, -0.15) is 4.31 Å². The van der Waals surface area contributed by atoms with Crippen molar-refractivity contribution in [2.75, 3.05) is 32.8 Å². The van der Waals surface area contributed by atoms with Crippen molar-refractivity contribution in [1.82, 2.24) is 9.62 Å². The van der Waals surface area contributed by atoms with Gasteiger partial charge < -0.3 is 10.1 Å². The lowest BCUT2D eigenvalue weighted by atomic mass is 10.2. The van der Waals surface area contributed by atoms with Crippen LogP contribution in [0.2, 0.25) is 0 Å². The Hall–Kier alpha value is -0.170. The largest absolute Gasteiger partial charge is 0.377 e. The van der Waals surface area contributed by atoms with Crippen LogP contribution in [0.4, 0.5) is 0 Å². The number of ether oxygens (including phenoxy) is 1. The third-order valence-electron chi connectivity index (χ3n) is 3.33. The van der Waals surface area contributed by atoms with Crippen LogP contribution in [0.15, 0.2) is 0 Å². The molecule has 1 aliphatic rings. The summed E-state index contributed by atoms with van der Waals surface area (Å²) in [6.07, 6.45) is 2.08. The summed E-state index contributed by atoms with van der Waals surface area (Å²) in [5.41, 5.74) is 0. The molecule has 0 radical (unpaired) electrons. The number of nitrogens with zero attached hydrogens (tertiary/aromatic N) is 1. The SMILES string of the molecule is CCNCC(C)S(=O)(=O)N(CC)CC1CCCO1. The summed E-state index contributed by atoms with van der Waals surface area (Å²) in [4.78, 5) is 0. The first-order valence-corrected chi connectivity index (χ1v) is 8.34. The van der Waals surface area contributed by atoms with Gasteiger partial charge in [-0.05, 0) is 26.3 Å². The molecule has 0 aromatic rings. The van der Waals surface area contributed by atoms with Gasteiger partial charge in [0.15, 0.2) is 0 Å². The van der Waals surface area contributed by atoms with Crippen LogP contribution in [0.25, 0.3) is 0 Å². The van der Waals surface area contributed by atoms with Crippen LogP contribution < -0.4 is 5.32 Å². The maximum Gasteiger partial charge on any atom is 0.218 e. The van der Waals surface area contributed by atoms with Gasteiger partial charge in [-0.1, -0.05) is 13.8 Å². The molecular formula is C12H26N2O3S. The lowest BCUT2D eigenvalue weighted by Crippen LogP contribution is -2.44. The molecule has 6 heteroatoms. The van der Waals surface area contributed by atoms with Crippen LogP contribution in [-0.2, 0) is 14.8 Å². The van der Waals surface area contributed by atoms with E-state index in [0.717, 1.165) is 26.0 Å². The molecule has 1 heterocycles. The van der Waals surface area contributed by atoms with E-state index in [4.69, 9.17) is 4.74 Å². The molecule has 1 fully saturated rings. The lowest BCUT2D eigenvalue weighted by molar-refractivity contribution is 0.0945. The van der Waals surface area contributed by atoms with Crippen LogP contribution in [0, 0.1) is 0 Å². The van der Waals surface area contributed by atoms with Gasteiger partial charge in [0.1, 0.15) is 0 Å². The number of hydrogen-bond donors (Lipinski definition) is 1. The molecule has 1 saturated heterocycles. The first kappa shape index (κ1) is 15.9. The minimum Gasteiger partial charge on any atom is -0.377 e. The van der Waals surface area contributed by atoms with Crippen LogP contribution in [-0.4, -0.2) is 56.9 Å². The van der Waals surface area contributed by atoms with Crippen molar-refractivity contribution < 1.29 is 13.2 Å². The molecule has 0 amide bonds. The third kappa shape index (κ3) is 4.19. The Morgan fingerprint density at radius 1 is 1.44 bits per heavy atom. The summed E-state index contributed by atoms with van der Waals surface area (Å²) in [5, 5.41) is 2.70. The van der Waals surface area contributed by atoms with Crippen molar-refractivity contribution in [1.29, 1.82) is 0 Å². The predicted molar refractivity (Wildman–Crippen MR) is 73.1 cm³/mol. The van der Waals surface area contributed by atoms with E-state index < -0.39 is 10.0 Å². The number of rotatable bonds is 8. The van der Waals surface area contributed by atoms with Gasteiger partial charge in [0.05, 0.1) is 11.4 Å². The number of nitrogens with one attached hydrogen (secondary N) is 1. The maximum atomic E-state index is 12.4. The fraction of sp³-hybridized carbons (Fsp3) is 1.00. The third-order valence-corrected chi connectivity index (χ3v) is 5.64. The van der Waals surface area contributed by atoms with Crippen molar-refractivity contribution >= 4 is 10.0 Å². The number of sulfonamides is 1. The Morgan fingerprint density at radius 3 is 2.67 bits per heavy atom. The highest BCUT2D eigenvalue weighted by Gasteiger charge is 2.30. The van der Waals surface area contributed by atoms with E-state index in [-0.39, 0.29) is 11.4 Å². The molecule has 0 saturated carbocycles. The first-order chi connectivity index (χ1) is 8.52.